The van der Waals surface area contributed by atoms with Crippen molar-refractivity contribution in [3.05, 3.63) is 71.8 Å². The highest BCUT2D eigenvalue weighted by Crippen LogP contribution is 2.09. The van der Waals surface area contributed by atoms with Crippen LogP contribution in [-0.2, 0) is 27.4 Å². The quantitative estimate of drug-likeness (QED) is 0.635. The van der Waals surface area contributed by atoms with Gasteiger partial charge in [0.25, 0.3) is 0 Å². The number of amides is 1. The van der Waals surface area contributed by atoms with E-state index in [2.05, 4.69) is 5.32 Å². The van der Waals surface area contributed by atoms with Gasteiger partial charge in [-0.05, 0) is 31.9 Å². The molecular weight excluding hydrogens is 370 g/mol. The van der Waals surface area contributed by atoms with E-state index >= 15 is 0 Å². The molecule has 2 aromatic carbocycles. The molecule has 1 amide bonds. The van der Waals surface area contributed by atoms with E-state index in [-0.39, 0.29) is 13.2 Å². The number of aliphatic hydroxyl groups excluding tert-OH is 1. The predicted octanol–water partition coefficient (Wildman–Crippen LogP) is 3.67. The van der Waals surface area contributed by atoms with E-state index < -0.39 is 23.8 Å². The van der Waals surface area contributed by atoms with E-state index in [9.17, 15) is 9.90 Å². The van der Waals surface area contributed by atoms with Gasteiger partial charge in [0.15, 0.2) is 0 Å². The lowest BCUT2D eigenvalue weighted by Crippen LogP contribution is -2.49. The fourth-order valence-corrected chi connectivity index (χ4v) is 2.57. The first-order valence-electron chi connectivity index (χ1n) is 9.74. The second kappa shape index (κ2) is 11.6. The summed E-state index contributed by atoms with van der Waals surface area (Å²) in [7, 11) is 0. The molecule has 0 spiro atoms. The van der Waals surface area contributed by atoms with Crippen LogP contribution in [-0.4, -0.2) is 42.2 Å². The van der Waals surface area contributed by atoms with Crippen LogP contribution < -0.4 is 5.32 Å². The number of ether oxygens (including phenoxy) is 3. The van der Waals surface area contributed by atoms with Crippen molar-refractivity contribution in [1.82, 2.24) is 5.32 Å². The van der Waals surface area contributed by atoms with Gasteiger partial charge < -0.3 is 24.6 Å². The Kier molecular flexibility index (Phi) is 9.12. The van der Waals surface area contributed by atoms with Gasteiger partial charge in [0.05, 0.1) is 38.6 Å². The summed E-state index contributed by atoms with van der Waals surface area (Å²) in [6.45, 7) is 6.30. The van der Waals surface area contributed by atoms with Crippen molar-refractivity contribution in [1.29, 1.82) is 0 Å². The molecule has 0 bridgehead atoms. The Morgan fingerprint density at radius 3 is 1.86 bits per heavy atom. The van der Waals surface area contributed by atoms with E-state index in [1.54, 1.807) is 20.8 Å². The lowest BCUT2D eigenvalue weighted by Gasteiger charge is -2.26. The van der Waals surface area contributed by atoms with Crippen LogP contribution in [0.1, 0.15) is 31.9 Å². The van der Waals surface area contributed by atoms with Crippen molar-refractivity contribution >= 4 is 6.09 Å². The lowest BCUT2D eigenvalue weighted by molar-refractivity contribution is -0.0207. The molecule has 6 heteroatoms. The number of benzene rings is 2. The minimum absolute atomic E-state index is 0.0596. The Hall–Kier alpha value is -2.41. The van der Waals surface area contributed by atoms with Crippen molar-refractivity contribution in [2.45, 2.75) is 51.7 Å². The monoisotopic (exact) mass is 401 g/mol. The van der Waals surface area contributed by atoms with Crippen molar-refractivity contribution in [3.8, 4) is 0 Å². The number of nitrogens with one attached hydrogen (secondary N) is 1. The maximum atomic E-state index is 12.2. The third kappa shape index (κ3) is 9.56. The third-order valence-electron chi connectivity index (χ3n) is 3.98. The highest BCUT2D eigenvalue weighted by atomic mass is 16.6. The summed E-state index contributed by atoms with van der Waals surface area (Å²) in [5.41, 5.74) is 1.39. The van der Waals surface area contributed by atoms with E-state index in [0.717, 1.165) is 11.1 Å². The van der Waals surface area contributed by atoms with Crippen molar-refractivity contribution < 1.29 is 24.1 Å². The first-order valence-corrected chi connectivity index (χ1v) is 9.74. The molecule has 0 saturated heterocycles. The summed E-state index contributed by atoms with van der Waals surface area (Å²) in [5.74, 6) is 0. The van der Waals surface area contributed by atoms with Crippen LogP contribution in [0.4, 0.5) is 4.79 Å². The van der Waals surface area contributed by atoms with E-state index in [4.69, 9.17) is 14.2 Å². The topological polar surface area (TPSA) is 77.0 Å². The van der Waals surface area contributed by atoms with E-state index in [1.807, 2.05) is 60.7 Å². The SMILES string of the molecule is CC(C)(C)OC(=O)N[C@H](COCc1ccccc1)[C@H](O)COCc1ccccc1. The molecule has 0 aromatic heterocycles. The summed E-state index contributed by atoms with van der Waals surface area (Å²) in [6.07, 6.45) is -1.55. The van der Waals surface area contributed by atoms with Crippen molar-refractivity contribution in [2.75, 3.05) is 13.2 Å². The van der Waals surface area contributed by atoms with E-state index in [1.165, 1.54) is 0 Å². The summed E-state index contributed by atoms with van der Waals surface area (Å²) in [6, 6.07) is 18.7. The second-order valence-electron chi connectivity index (χ2n) is 7.82. The average molecular weight is 402 g/mol. The van der Waals surface area contributed by atoms with Gasteiger partial charge in [-0.1, -0.05) is 60.7 Å². The van der Waals surface area contributed by atoms with Gasteiger partial charge in [-0.2, -0.15) is 0 Å². The minimum Gasteiger partial charge on any atom is -0.444 e. The third-order valence-corrected chi connectivity index (χ3v) is 3.98. The summed E-state index contributed by atoms with van der Waals surface area (Å²) < 4.78 is 16.6. The van der Waals surface area contributed by atoms with Crippen LogP contribution >= 0.6 is 0 Å². The number of aliphatic hydroxyl groups is 1. The van der Waals surface area contributed by atoms with Gasteiger partial charge in [0, 0.05) is 0 Å². The number of carbonyl (C=O) groups is 1. The number of carbonyl (C=O) groups excluding carboxylic acids is 1. The van der Waals surface area contributed by atoms with Gasteiger partial charge in [-0.3, -0.25) is 0 Å². The van der Waals surface area contributed by atoms with Crippen molar-refractivity contribution in [2.24, 2.45) is 0 Å². The first kappa shape index (κ1) is 22.9. The molecule has 0 unspecified atom stereocenters. The number of alkyl carbamates (subject to hydrolysis) is 1. The van der Waals surface area contributed by atoms with Crippen LogP contribution in [0.3, 0.4) is 0 Å². The molecule has 29 heavy (non-hydrogen) atoms. The Morgan fingerprint density at radius 2 is 1.38 bits per heavy atom. The molecule has 2 rings (SSSR count). The Bertz CT molecular complexity index is 715. The lowest BCUT2D eigenvalue weighted by atomic mass is 10.1. The van der Waals surface area contributed by atoms with Crippen LogP contribution in [0.2, 0.25) is 0 Å². The molecule has 0 saturated carbocycles. The molecule has 0 radical (unpaired) electrons. The Morgan fingerprint density at radius 1 is 0.897 bits per heavy atom. The van der Waals surface area contributed by atoms with Gasteiger partial charge >= 0.3 is 6.09 Å². The fraction of sp³-hybridized carbons (Fsp3) is 0.435. The van der Waals surface area contributed by atoms with Gasteiger partial charge in [0.2, 0.25) is 0 Å². The maximum Gasteiger partial charge on any atom is 0.408 e. The minimum atomic E-state index is -0.943. The Balaban J connectivity index is 1.87. The standard InChI is InChI=1S/C23H31NO5/c1-23(2,3)29-22(26)24-20(16-27-14-18-10-6-4-7-11-18)21(25)17-28-15-19-12-8-5-9-13-19/h4-13,20-21,25H,14-17H2,1-3H3,(H,24,26)/t20-,21-/m1/s1. The van der Waals surface area contributed by atoms with Gasteiger partial charge in [-0.25, -0.2) is 4.79 Å². The number of rotatable bonds is 10. The summed E-state index contributed by atoms with van der Waals surface area (Å²) >= 11 is 0. The molecular formula is C23H31NO5. The van der Waals surface area contributed by atoms with E-state index in [0.29, 0.717) is 13.2 Å². The molecule has 0 fully saturated rings. The fourth-order valence-electron chi connectivity index (χ4n) is 2.57. The number of hydrogen-bond acceptors (Lipinski definition) is 5. The zero-order chi connectivity index (χ0) is 21.1. The molecule has 2 N–H and O–H groups in total. The molecule has 2 atom stereocenters. The summed E-state index contributed by atoms with van der Waals surface area (Å²) in [5, 5.41) is 13.2. The second-order valence-corrected chi connectivity index (χ2v) is 7.82. The smallest absolute Gasteiger partial charge is 0.408 e. The zero-order valence-electron chi connectivity index (χ0n) is 17.3. The summed E-state index contributed by atoms with van der Waals surface area (Å²) in [4.78, 5) is 12.2. The normalized spacial score (nSPS) is 13.5. The molecule has 2 aromatic rings. The molecule has 0 aliphatic heterocycles. The highest BCUT2D eigenvalue weighted by molar-refractivity contribution is 5.68. The largest absolute Gasteiger partial charge is 0.444 e. The average Bonchev–Trinajstić information content (AvgIpc) is 2.67. The highest BCUT2D eigenvalue weighted by Gasteiger charge is 2.25. The molecule has 6 nitrogen and oxygen atoms in total. The molecule has 158 valence electrons. The van der Waals surface area contributed by atoms with Crippen LogP contribution in [0.15, 0.2) is 60.7 Å². The van der Waals surface area contributed by atoms with Gasteiger partial charge in [-0.15, -0.1) is 0 Å². The zero-order valence-corrected chi connectivity index (χ0v) is 17.3. The van der Waals surface area contributed by atoms with Crippen molar-refractivity contribution in [3.63, 3.8) is 0 Å². The van der Waals surface area contributed by atoms with Crippen LogP contribution in [0.5, 0.6) is 0 Å². The molecule has 0 heterocycles. The first-order chi connectivity index (χ1) is 13.8. The van der Waals surface area contributed by atoms with Gasteiger partial charge in [0.1, 0.15) is 5.60 Å². The maximum absolute atomic E-state index is 12.2. The van der Waals surface area contributed by atoms with Crippen LogP contribution in [0.25, 0.3) is 0 Å². The molecule has 0 aliphatic rings. The van der Waals surface area contributed by atoms with Crippen LogP contribution in [0, 0.1) is 0 Å². The Labute approximate surface area is 172 Å². The molecule has 0 aliphatic carbocycles. The predicted molar refractivity (Wildman–Crippen MR) is 111 cm³/mol. The number of hydrogen-bond donors (Lipinski definition) is 2.